The number of fused-ring (bicyclic) bond motifs is 1. The second-order valence-corrected chi connectivity index (χ2v) is 10.3. The van der Waals surface area contributed by atoms with E-state index in [1.54, 1.807) is 67.0 Å². The number of nitrogens with zero attached hydrogens (tertiary/aromatic N) is 3. The molecule has 180 valence electrons. The molecule has 6 rings (SSSR count). The summed E-state index contributed by atoms with van der Waals surface area (Å²) in [5.41, 5.74) is 2.73. The molecule has 6 nitrogen and oxygen atoms in total. The lowest BCUT2D eigenvalue weighted by atomic mass is 10.1. The minimum Gasteiger partial charge on any atom is -0.283 e. The third-order valence-electron chi connectivity index (χ3n) is 6.24. The van der Waals surface area contributed by atoms with Gasteiger partial charge in [0.2, 0.25) is 0 Å². The molecule has 0 atom stereocenters. The average Bonchev–Trinajstić information content (AvgIpc) is 3.35. The minimum atomic E-state index is -4.02. The summed E-state index contributed by atoms with van der Waals surface area (Å²) in [7, 11) is -4.02. The molecule has 0 amide bonds. The molecule has 0 spiro atoms. The van der Waals surface area contributed by atoms with Crippen LogP contribution in [0.3, 0.4) is 0 Å². The van der Waals surface area contributed by atoms with Gasteiger partial charge in [0.1, 0.15) is 0 Å². The van der Waals surface area contributed by atoms with Crippen molar-refractivity contribution < 1.29 is 8.42 Å². The summed E-state index contributed by atoms with van der Waals surface area (Å²) in [4.78, 5) is 18.6. The fraction of sp³-hybridized carbons (Fsp3) is 0. The van der Waals surface area contributed by atoms with E-state index in [2.05, 4.69) is 4.98 Å². The van der Waals surface area contributed by atoms with E-state index in [9.17, 15) is 13.2 Å². The maximum Gasteiger partial charge on any atom is 0.268 e. The first-order chi connectivity index (χ1) is 18.0. The molecule has 0 fully saturated rings. The van der Waals surface area contributed by atoms with E-state index in [1.165, 1.54) is 8.54 Å². The molecule has 3 aromatic heterocycles. The van der Waals surface area contributed by atoms with E-state index < -0.39 is 10.0 Å². The summed E-state index contributed by atoms with van der Waals surface area (Å²) in [6.45, 7) is 0. The Balaban J connectivity index is 1.71. The third kappa shape index (κ3) is 3.95. The summed E-state index contributed by atoms with van der Waals surface area (Å²) in [5, 5.41) is 0.714. The second kappa shape index (κ2) is 9.04. The molecule has 0 radical (unpaired) electrons. The van der Waals surface area contributed by atoms with Crippen LogP contribution in [-0.2, 0) is 10.0 Å². The number of hydrogen-bond acceptors (Lipinski definition) is 4. The minimum absolute atomic E-state index is 0.141. The van der Waals surface area contributed by atoms with Gasteiger partial charge in [0.15, 0.2) is 0 Å². The number of para-hydroxylation sites is 2. The van der Waals surface area contributed by atoms with Crippen molar-refractivity contribution in [2.24, 2.45) is 0 Å². The first-order valence-corrected chi connectivity index (χ1v) is 13.1. The van der Waals surface area contributed by atoms with E-state index in [0.29, 0.717) is 27.8 Å². The van der Waals surface area contributed by atoms with Crippen LogP contribution < -0.4 is 5.56 Å². The quantitative estimate of drug-likeness (QED) is 0.300. The van der Waals surface area contributed by atoms with Crippen molar-refractivity contribution in [1.82, 2.24) is 13.5 Å². The van der Waals surface area contributed by atoms with Crippen molar-refractivity contribution in [3.8, 4) is 28.2 Å². The van der Waals surface area contributed by atoms with Gasteiger partial charge in [-0.2, -0.15) is 0 Å². The Morgan fingerprint density at radius 2 is 1.38 bits per heavy atom. The van der Waals surface area contributed by atoms with Crippen molar-refractivity contribution in [3.05, 3.63) is 138 Å². The number of pyridine rings is 2. The van der Waals surface area contributed by atoms with E-state index in [4.69, 9.17) is 0 Å². The van der Waals surface area contributed by atoms with Gasteiger partial charge in [-0.3, -0.25) is 14.3 Å². The molecule has 3 aromatic carbocycles. The van der Waals surface area contributed by atoms with Gasteiger partial charge < -0.3 is 0 Å². The second-order valence-electron chi connectivity index (χ2n) is 8.54. The van der Waals surface area contributed by atoms with Crippen molar-refractivity contribution in [1.29, 1.82) is 0 Å². The number of hydrogen-bond donors (Lipinski definition) is 0. The van der Waals surface area contributed by atoms with Gasteiger partial charge >= 0.3 is 0 Å². The lowest BCUT2D eigenvalue weighted by Gasteiger charge is -2.15. The predicted octanol–water partition coefficient (Wildman–Crippen LogP) is 5.76. The van der Waals surface area contributed by atoms with Crippen LogP contribution >= 0.6 is 0 Å². The Hall–Kier alpha value is -4.75. The SMILES string of the molecule is O=c1c(-c2cc3ccccc3n2S(=O)(=O)c2ccccc2)cc(-c2ccccn2)cn1-c1ccccc1. The van der Waals surface area contributed by atoms with Gasteiger partial charge in [-0.05, 0) is 54.6 Å². The monoisotopic (exact) mass is 503 g/mol. The first kappa shape index (κ1) is 22.7. The van der Waals surface area contributed by atoms with Crippen LogP contribution in [0.15, 0.2) is 137 Å². The van der Waals surface area contributed by atoms with Crippen molar-refractivity contribution in [2.45, 2.75) is 4.90 Å². The zero-order valence-electron chi connectivity index (χ0n) is 19.6. The third-order valence-corrected chi connectivity index (χ3v) is 7.98. The number of rotatable bonds is 5. The van der Waals surface area contributed by atoms with Crippen molar-refractivity contribution in [2.75, 3.05) is 0 Å². The number of aromatic nitrogens is 3. The lowest BCUT2D eigenvalue weighted by Crippen LogP contribution is -2.22. The van der Waals surface area contributed by atoms with Gasteiger partial charge in [-0.25, -0.2) is 12.4 Å². The van der Waals surface area contributed by atoms with Crippen molar-refractivity contribution >= 4 is 20.9 Å². The van der Waals surface area contributed by atoms with Gasteiger partial charge in [0.25, 0.3) is 15.6 Å². The zero-order chi connectivity index (χ0) is 25.4. The molecule has 6 aromatic rings. The smallest absolute Gasteiger partial charge is 0.268 e. The van der Waals surface area contributed by atoms with Crippen LogP contribution in [0.2, 0.25) is 0 Å². The highest BCUT2D eigenvalue weighted by molar-refractivity contribution is 7.90. The molecular formula is C30H21N3O3S. The molecule has 0 N–H and O–H groups in total. The topological polar surface area (TPSA) is 74.0 Å². The maximum atomic E-state index is 14.0. The van der Waals surface area contributed by atoms with Gasteiger partial charge in [-0.15, -0.1) is 0 Å². The Bertz CT molecular complexity index is 1890. The molecule has 0 aliphatic heterocycles. The van der Waals surface area contributed by atoms with E-state index in [1.807, 2.05) is 60.7 Å². The fourth-order valence-electron chi connectivity index (χ4n) is 4.49. The molecule has 0 saturated carbocycles. The van der Waals surface area contributed by atoms with Gasteiger partial charge in [0, 0.05) is 29.0 Å². The molecule has 0 bridgehead atoms. The van der Waals surface area contributed by atoms with Crippen LogP contribution in [0.4, 0.5) is 0 Å². The molecule has 0 unspecified atom stereocenters. The highest BCUT2D eigenvalue weighted by Crippen LogP contribution is 2.32. The maximum absolute atomic E-state index is 14.0. The lowest BCUT2D eigenvalue weighted by molar-refractivity contribution is 0.589. The summed E-state index contributed by atoms with van der Waals surface area (Å²) in [6, 6.07) is 33.7. The van der Waals surface area contributed by atoms with Crippen molar-refractivity contribution in [3.63, 3.8) is 0 Å². The Kier molecular flexibility index (Phi) is 5.54. The standard InChI is InChI=1S/C30H21N3O3S/c34-30-26(19-23(27-16-9-10-18-31-27)21-32(30)24-12-3-1-4-13-24)29-20-22-11-7-8-17-28(22)33(29)37(35,36)25-14-5-2-6-15-25/h1-21H. The molecule has 7 heteroatoms. The van der Waals surface area contributed by atoms with E-state index in [0.717, 1.165) is 0 Å². The summed E-state index contributed by atoms with van der Waals surface area (Å²) >= 11 is 0. The molecule has 0 aliphatic rings. The fourth-order valence-corrected chi connectivity index (χ4v) is 6.04. The summed E-state index contributed by atoms with van der Waals surface area (Å²) < 4.78 is 30.7. The Morgan fingerprint density at radius 3 is 2.11 bits per heavy atom. The molecule has 3 heterocycles. The normalized spacial score (nSPS) is 11.6. The average molecular weight is 504 g/mol. The Morgan fingerprint density at radius 1 is 0.703 bits per heavy atom. The van der Waals surface area contributed by atoms with Gasteiger partial charge in [-0.1, -0.05) is 60.7 Å². The summed E-state index contributed by atoms with van der Waals surface area (Å²) in [6.07, 6.45) is 3.42. The highest BCUT2D eigenvalue weighted by atomic mass is 32.2. The van der Waals surface area contributed by atoms with Crippen LogP contribution in [0.1, 0.15) is 0 Å². The molecule has 0 saturated heterocycles. The van der Waals surface area contributed by atoms with E-state index >= 15 is 0 Å². The predicted molar refractivity (Wildman–Crippen MR) is 145 cm³/mol. The van der Waals surface area contributed by atoms with Crippen LogP contribution in [0.25, 0.3) is 39.1 Å². The Labute approximate surface area is 213 Å². The first-order valence-electron chi connectivity index (χ1n) is 11.7. The number of benzene rings is 3. The van der Waals surface area contributed by atoms with E-state index in [-0.39, 0.29) is 21.7 Å². The molecule has 37 heavy (non-hydrogen) atoms. The summed E-state index contributed by atoms with van der Waals surface area (Å²) in [5.74, 6) is 0. The molecular weight excluding hydrogens is 482 g/mol. The van der Waals surface area contributed by atoms with Crippen LogP contribution in [-0.4, -0.2) is 21.9 Å². The highest BCUT2D eigenvalue weighted by Gasteiger charge is 2.26. The van der Waals surface area contributed by atoms with Crippen LogP contribution in [0, 0.1) is 0 Å². The van der Waals surface area contributed by atoms with Gasteiger partial charge in [0.05, 0.1) is 27.4 Å². The van der Waals surface area contributed by atoms with Crippen LogP contribution in [0.5, 0.6) is 0 Å². The molecule has 0 aliphatic carbocycles. The largest absolute Gasteiger partial charge is 0.283 e. The zero-order valence-corrected chi connectivity index (χ0v) is 20.4.